The van der Waals surface area contributed by atoms with Crippen LogP contribution in [0, 0.1) is 0 Å². The van der Waals surface area contributed by atoms with E-state index in [9.17, 15) is 0 Å². The summed E-state index contributed by atoms with van der Waals surface area (Å²) in [6, 6.07) is 1.84. The lowest BCUT2D eigenvalue weighted by Crippen LogP contribution is -2.19. The number of nitrogens with zero attached hydrogens (tertiary/aromatic N) is 3. The Morgan fingerprint density at radius 3 is 3.11 bits per heavy atom. The fourth-order valence-electron chi connectivity index (χ4n) is 2.33. The summed E-state index contributed by atoms with van der Waals surface area (Å²) in [5.74, 6) is 0.809. The Bertz CT molecular complexity index is 562. The van der Waals surface area contributed by atoms with Gasteiger partial charge in [0.15, 0.2) is 12.0 Å². The zero-order valence-electron chi connectivity index (χ0n) is 10.2. The summed E-state index contributed by atoms with van der Waals surface area (Å²) in [5, 5.41) is 9.08. The van der Waals surface area contributed by atoms with E-state index in [1.165, 1.54) is 6.42 Å². The maximum absolute atomic E-state index is 5.97. The molecule has 96 valence electrons. The third-order valence-electron chi connectivity index (χ3n) is 3.22. The van der Waals surface area contributed by atoms with Crippen molar-refractivity contribution in [3.63, 3.8) is 0 Å². The van der Waals surface area contributed by atoms with Crippen LogP contribution >= 0.6 is 11.6 Å². The van der Waals surface area contributed by atoms with Crippen molar-refractivity contribution >= 4 is 28.3 Å². The van der Waals surface area contributed by atoms with E-state index in [0.717, 1.165) is 36.2 Å². The predicted octanol–water partition coefficient (Wildman–Crippen LogP) is 2.83. The first-order valence-corrected chi connectivity index (χ1v) is 6.50. The van der Waals surface area contributed by atoms with E-state index in [0.29, 0.717) is 5.15 Å². The topological polar surface area (TPSA) is 52.0 Å². The van der Waals surface area contributed by atoms with E-state index >= 15 is 0 Å². The van der Waals surface area contributed by atoms with Crippen LogP contribution in [0.25, 0.3) is 10.9 Å². The molecule has 1 atom stereocenters. The van der Waals surface area contributed by atoms with Gasteiger partial charge in [0.1, 0.15) is 5.15 Å². The van der Waals surface area contributed by atoms with Crippen molar-refractivity contribution in [3.8, 4) is 0 Å². The molecule has 3 rings (SSSR count). The highest BCUT2D eigenvalue weighted by molar-refractivity contribution is 6.30. The Morgan fingerprint density at radius 2 is 2.39 bits per heavy atom. The Kier molecular flexibility index (Phi) is 3.09. The molecule has 0 saturated carbocycles. The standard InChI is InChI=1S/C12H15ClN4O/c1-14-12-8-7-15-10(13)6-9(8)17(16-12)11-4-2-3-5-18-11/h6-7,11H,2-5H2,1H3,(H,14,16). The molecule has 1 saturated heterocycles. The SMILES string of the molecule is CNc1nn(C2CCCCO2)c2cc(Cl)ncc12. The molecule has 0 aromatic carbocycles. The Hall–Kier alpha value is -1.33. The van der Waals surface area contributed by atoms with Crippen LogP contribution in [-0.2, 0) is 4.74 Å². The summed E-state index contributed by atoms with van der Waals surface area (Å²) in [6.07, 6.45) is 5.02. The number of anilines is 1. The van der Waals surface area contributed by atoms with Crippen molar-refractivity contribution in [3.05, 3.63) is 17.4 Å². The summed E-state index contributed by atoms with van der Waals surface area (Å²) in [4.78, 5) is 4.11. The highest BCUT2D eigenvalue weighted by Gasteiger charge is 2.21. The summed E-state index contributed by atoms with van der Waals surface area (Å²) in [5.41, 5.74) is 0.964. The molecule has 0 aliphatic carbocycles. The van der Waals surface area contributed by atoms with E-state index in [2.05, 4.69) is 15.4 Å². The molecule has 0 amide bonds. The molecule has 1 unspecified atom stereocenters. The molecule has 1 aliphatic heterocycles. The van der Waals surface area contributed by atoms with Gasteiger partial charge < -0.3 is 10.1 Å². The third kappa shape index (κ3) is 1.93. The normalized spacial score (nSPS) is 20.2. The van der Waals surface area contributed by atoms with E-state index in [1.807, 2.05) is 17.8 Å². The number of aromatic nitrogens is 3. The van der Waals surface area contributed by atoms with Gasteiger partial charge >= 0.3 is 0 Å². The van der Waals surface area contributed by atoms with Crippen LogP contribution in [0.1, 0.15) is 25.5 Å². The van der Waals surface area contributed by atoms with Crippen LogP contribution in [0.2, 0.25) is 5.15 Å². The molecular formula is C12H15ClN4O. The van der Waals surface area contributed by atoms with Crippen molar-refractivity contribution < 1.29 is 4.74 Å². The predicted molar refractivity (Wildman–Crippen MR) is 70.9 cm³/mol. The van der Waals surface area contributed by atoms with Gasteiger partial charge in [0, 0.05) is 25.9 Å². The van der Waals surface area contributed by atoms with E-state index in [-0.39, 0.29) is 6.23 Å². The Labute approximate surface area is 110 Å². The molecule has 0 radical (unpaired) electrons. The summed E-state index contributed by atoms with van der Waals surface area (Å²) < 4.78 is 7.69. The van der Waals surface area contributed by atoms with Gasteiger partial charge in [0.05, 0.1) is 10.9 Å². The number of hydrogen-bond donors (Lipinski definition) is 1. The largest absolute Gasteiger partial charge is 0.371 e. The summed E-state index contributed by atoms with van der Waals surface area (Å²) in [7, 11) is 1.85. The molecule has 1 N–H and O–H groups in total. The van der Waals surface area contributed by atoms with Crippen LogP contribution in [0.4, 0.5) is 5.82 Å². The number of rotatable bonds is 2. The summed E-state index contributed by atoms with van der Waals surface area (Å²) in [6.45, 7) is 0.791. The van der Waals surface area contributed by atoms with Crippen molar-refractivity contribution in [1.82, 2.24) is 14.8 Å². The second kappa shape index (κ2) is 4.74. The molecule has 0 spiro atoms. The molecule has 6 heteroatoms. The molecule has 2 aromatic heterocycles. The van der Waals surface area contributed by atoms with Crippen LogP contribution < -0.4 is 5.32 Å². The minimum atomic E-state index is 0.00168. The van der Waals surface area contributed by atoms with Gasteiger partial charge in [-0.3, -0.25) is 0 Å². The van der Waals surface area contributed by atoms with Gasteiger partial charge in [-0.15, -0.1) is 0 Å². The van der Waals surface area contributed by atoms with Gasteiger partial charge in [0.2, 0.25) is 0 Å². The monoisotopic (exact) mass is 266 g/mol. The molecule has 18 heavy (non-hydrogen) atoms. The molecule has 0 bridgehead atoms. The molecule has 5 nitrogen and oxygen atoms in total. The van der Waals surface area contributed by atoms with Crippen molar-refractivity contribution in [2.75, 3.05) is 19.0 Å². The van der Waals surface area contributed by atoms with E-state index in [1.54, 1.807) is 6.20 Å². The van der Waals surface area contributed by atoms with Gasteiger partial charge in [-0.2, -0.15) is 5.10 Å². The van der Waals surface area contributed by atoms with Gasteiger partial charge in [-0.25, -0.2) is 9.67 Å². The lowest BCUT2D eigenvalue weighted by molar-refractivity contribution is -0.0365. The van der Waals surface area contributed by atoms with Crippen molar-refractivity contribution in [1.29, 1.82) is 0 Å². The smallest absolute Gasteiger partial charge is 0.157 e. The average Bonchev–Trinajstić information content (AvgIpc) is 2.77. The van der Waals surface area contributed by atoms with Crippen LogP contribution in [0.15, 0.2) is 12.3 Å². The zero-order chi connectivity index (χ0) is 12.5. The zero-order valence-corrected chi connectivity index (χ0v) is 10.9. The fraction of sp³-hybridized carbons (Fsp3) is 0.500. The first kappa shape index (κ1) is 11.7. The van der Waals surface area contributed by atoms with Gasteiger partial charge in [0.25, 0.3) is 0 Å². The number of ether oxygens (including phenoxy) is 1. The maximum Gasteiger partial charge on any atom is 0.157 e. The highest BCUT2D eigenvalue weighted by Crippen LogP contribution is 2.30. The van der Waals surface area contributed by atoms with E-state index in [4.69, 9.17) is 16.3 Å². The number of hydrogen-bond acceptors (Lipinski definition) is 4. The second-order valence-electron chi connectivity index (χ2n) is 4.39. The van der Waals surface area contributed by atoms with Crippen LogP contribution in [0.5, 0.6) is 0 Å². The molecule has 2 aromatic rings. The maximum atomic E-state index is 5.97. The van der Waals surface area contributed by atoms with Gasteiger partial charge in [-0.1, -0.05) is 11.6 Å². The third-order valence-corrected chi connectivity index (χ3v) is 3.43. The first-order chi connectivity index (χ1) is 8.79. The molecular weight excluding hydrogens is 252 g/mol. The lowest BCUT2D eigenvalue weighted by Gasteiger charge is -2.23. The average molecular weight is 267 g/mol. The Balaban J connectivity index is 2.12. The van der Waals surface area contributed by atoms with Crippen LogP contribution in [-0.4, -0.2) is 28.4 Å². The molecule has 1 fully saturated rings. The minimum absolute atomic E-state index is 0.00168. The number of halogens is 1. The Morgan fingerprint density at radius 1 is 1.50 bits per heavy atom. The quantitative estimate of drug-likeness (QED) is 0.850. The van der Waals surface area contributed by atoms with E-state index < -0.39 is 0 Å². The van der Waals surface area contributed by atoms with Crippen molar-refractivity contribution in [2.45, 2.75) is 25.5 Å². The molecule has 1 aliphatic rings. The lowest BCUT2D eigenvalue weighted by atomic mass is 10.2. The number of fused-ring (bicyclic) bond motifs is 1. The molecule has 3 heterocycles. The first-order valence-electron chi connectivity index (χ1n) is 6.12. The second-order valence-corrected chi connectivity index (χ2v) is 4.78. The number of nitrogens with one attached hydrogen (secondary N) is 1. The van der Waals surface area contributed by atoms with Crippen LogP contribution in [0.3, 0.4) is 0 Å². The number of pyridine rings is 1. The van der Waals surface area contributed by atoms with Gasteiger partial charge in [-0.05, 0) is 19.3 Å². The van der Waals surface area contributed by atoms with Crippen molar-refractivity contribution in [2.24, 2.45) is 0 Å². The summed E-state index contributed by atoms with van der Waals surface area (Å²) >= 11 is 5.97. The fourth-order valence-corrected chi connectivity index (χ4v) is 2.48. The minimum Gasteiger partial charge on any atom is -0.371 e. The highest BCUT2D eigenvalue weighted by atomic mass is 35.5.